The van der Waals surface area contributed by atoms with Crippen molar-refractivity contribution in [2.24, 2.45) is 5.92 Å². The molecular formula is C18H21N3O. The molecule has 3 rings (SSSR count). The number of rotatable bonds is 4. The third kappa shape index (κ3) is 2.85. The second-order valence-corrected chi connectivity index (χ2v) is 6.15. The first-order valence-electron chi connectivity index (χ1n) is 7.90. The van der Waals surface area contributed by atoms with Gasteiger partial charge in [0.15, 0.2) is 5.60 Å². The van der Waals surface area contributed by atoms with Gasteiger partial charge in [-0.05, 0) is 38.0 Å². The molecule has 1 aliphatic carbocycles. The maximum atomic E-state index is 9.07. The second kappa shape index (κ2) is 6.23. The lowest BCUT2D eigenvalue weighted by Crippen LogP contribution is -2.39. The molecule has 1 N–H and O–H groups in total. The largest absolute Gasteiger partial charge is 0.481 e. The summed E-state index contributed by atoms with van der Waals surface area (Å²) in [7, 11) is 0. The molecule has 0 radical (unpaired) electrons. The molecule has 0 saturated heterocycles. The van der Waals surface area contributed by atoms with Gasteiger partial charge in [-0.1, -0.05) is 25.3 Å². The van der Waals surface area contributed by atoms with Crippen LogP contribution in [-0.2, 0) is 5.60 Å². The minimum atomic E-state index is -0.439. The maximum absolute atomic E-state index is 9.07. The molecule has 1 aromatic heterocycles. The van der Waals surface area contributed by atoms with Crippen LogP contribution < -0.4 is 4.74 Å². The Kier molecular flexibility index (Phi) is 4.15. The van der Waals surface area contributed by atoms with Gasteiger partial charge in [0.05, 0.1) is 29.9 Å². The molecule has 114 valence electrons. The molecule has 0 amide bonds. The van der Waals surface area contributed by atoms with Crippen LogP contribution in [-0.4, -0.2) is 9.97 Å². The Balaban J connectivity index is 1.93. The topological polar surface area (TPSA) is 61.7 Å². The fourth-order valence-corrected chi connectivity index (χ4v) is 3.41. The number of nitrogens with one attached hydrogen (secondary N) is 1. The molecule has 1 saturated carbocycles. The monoisotopic (exact) mass is 295 g/mol. The van der Waals surface area contributed by atoms with Crippen LogP contribution in [0.5, 0.6) is 5.75 Å². The van der Waals surface area contributed by atoms with E-state index in [0.717, 1.165) is 24.3 Å². The summed E-state index contributed by atoms with van der Waals surface area (Å²) < 4.78 is 6.41. The number of hydrogen-bond donors (Lipinski definition) is 1. The molecule has 0 spiro atoms. The van der Waals surface area contributed by atoms with Crippen molar-refractivity contribution >= 4 is 0 Å². The van der Waals surface area contributed by atoms with Crippen LogP contribution in [0.25, 0.3) is 0 Å². The van der Waals surface area contributed by atoms with Crippen molar-refractivity contribution in [2.45, 2.75) is 44.6 Å². The zero-order chi connectivity index (χ0) is 15.4. The van der Waals surface area contributed by atoms with Crippen LogP contribution in [0.15, 0.2) is 36.8 Å². The Bertz CT molecular complexity index is 653. The second-order valence-electron chi connectivity index (χ2n) is 6.15. The molecule has 1 aromatic carbocycles. The van der Waals surface area contributed by atoms with Gasteiger partial charge in [0, 0.05) is 5.92 Å². The van der Waals surface area contributed by atoms with E-state index in [1.54, 1.807) is 18.5 Å². The van der Waals surface area contributed by atoms with Crippen molar-refractivity contribution in [1.82, 2.24) is 9.97 Å². The van der Waals surface area contributed by atoms with Crippen LogP contribution in [0.2, 0.25) is 0 Å². The Morgan fingerprint density at radius 2 is 2.14 bits per heavy atom. The van der Waals surface area contributed by atoms with E-state index in [0.29, 0.717) is 11.5 Å². The number of ether oxygens (including phenoxy) is 1. The van der Waals surface area contributed by atoms with Gasteiger partial charge in [-0.3, -0.25) is 0 Å². The number of benzene rings is 1. The fraction of sp³-hybridized carbons (Fsp3) is 0.444. The highest BCUT2D eigenvalue weighted by atomic mass is 16.5. The molecule has 0 aliphatic heterocycles. The summed E-state index contributed by atoms with van der Waals surface area (Å²) >= 11 is 0. The third-order valence-corrected chi connectivity index (χ3v) is 4.71. The molecule has 4 nitrogen and oxygen atoms in total. The van der Waals surface area contributed by atoms with E-state index in [4.69, 9.17) is 10.00 Å². The first kappa shape index (κ1) is 14.6. The molecule has 1 fully saturated rings. The van der Waals surface area contributed by atoms with Gasteiger partial charge in [0.2, 0.25) is 0 Å². The van der Waals surface area contributed by atoms with Crippen molar-refractivity contribution < 1.29 is 4.74 Å². The smallest absolute Gasteiger partial charge is 0.150 e. The Morgan fingerprint density at radius 3 is 2.82 bits per heavy atom. The highest BCUT2D eigenvalue weighted by Crippen LogP contribution is 2.41. The van der Waals surface area contributed by atoms with Crippen LogP contribution in [0.4, 0.5) is 0 Å². The Hall–Kier alpha value is -2.28. The first-order valence-corrected chi connectivity index (χ1v) is 7.90. The minimum absolute atomic E-state index is 0.439. The molecule has 4 heteroatoms. The lowest BCUT2D eigenvalue weighted by atomic mass is 9.76. The van der Waals surface area contributed by atoms with Gasteiger partial charge in [0.25, 0.3) is 0 Å². The number of hydrogen-bond acceptors (Lipinski definition) is 3. The van der Waals surface area contributed by atoms with Gasteiger partial charge < -0.3 is 9.72 Å². The summed E-state index contributed by atoms with van der Waals surface area (Å²) in [4.78, 5) is 7.39. The summed E-state index contributed by atoms with van der Waals surface area (Å²) in [6.45, 7) is 2.13. The predicted molar refractivity (Wildman–Crippen MR) is 84.3 cm³/mol. The van der Waals surface area contributed by atoms with Crippen molar-refractivity contribution in [3.8, 4) is 11.8 Å². The Morgan fingerprint density at radius 1 is 1.32 bits per heavy atom. The lowest BCUT2D eigenvalue weighted by molar-refractivity contribution is 0.000291. The van der Waals surface area contributed by atoms with E-state index in [1.165, 1.54) is 19.3 Å². The van der Waals surface area contributed by atoms with E-state index < -0.39 is 5.60 Å². The zero-order valence-electron chi connectivity index (χ0n) is 12.9. The van der Waals surface area contributed by atoms with E-state index in [2.05, 4.69) is 23.0 Å². The number of H-pyrrole nitrogens is 1. The standard InChI is InChI=1S/C18H21N3O/c1-18(17-12-20-13-21-17,15-7-3-2-4-8-15)22-16-9-5-6-14(10-16)11-19/h5-6,9-10,12-13,15H,2-4,7-8H2,1H3,(H,20,21). The molecule has 22 heavy (non-hydrogen) atoms. The molecule has 2 aromatic rings. The summed E-state index contributed by atoms with van der Waals surface area (Å²) in [5.41, 5.74) is 1.18. The van der Waals surface area contributed by atoms with Crippen LogP contribution in [0.1, 0.15) is 50.3 Å². The van der Waals surface area contributed by atoms with Crippen molar-refractivity contribution in [1.29, 1.82) is 5.26 Å². The van der Waals surface area contributed by atoms with E-state index in [9.17, 15) is 0 Å². The summed E-state index contributed by atoms with van der Waals surface area (Å²) in [6, 6.07) is 9.54. The molecule has 1 atom stereocenters. The van der Waals surface area contributed by atoms with Gasteiger partial charge in [-0.25, -0.2) is 4.98 Å². The van der Waals surface area contributed by atoms with Crippen molar-refractivity contribution in [3.05, 3.63) is 48.0 Å². The van der Waals surface area contributed by atoms with Crippen molar-refractivity contribution in [2.75, 3.05) is 0 Å². The highest BCUT2D eigenvalue weighted by molar-refractivity contribution is 5.37. The molecular weight excluding hydrogens is 274 g/mol. The quantitative estimate of drug-likeness (QED) is 0.921. The van der Waals surface area contributed by atoms with Crippen molar-refractivity contribution in [3.63, 3.8) is 0 Å². The van der Waals surface area contributed by atoms with Crippen LogP contribution in [0.3, 0.4) is 0 Å². The SMILES string of the molecule is CC(Oc1cccc(C#N)c1)(c1cnc[nH]1)C1CCCCC1. The number of imidazole rings is 1. The molecule has 1 aliphatic rings. The number of aromatic nitrogens is 2. The fourth-order valence-electron chi connectivity index (χ4n) is 3.41. The normalized spacial score (nSPS) is 18.4. The van der Waals surface area contributed by atoms with E-state index in [-0.39, 0.29) is 0 Å². The minimum Gasteiger partial charge on any atom is -0.481 e. The summed E-state index contributed by atoms with van der Waals surface area (Å²) in [5.74, 6) is 1.19. The summed E-state index contributed by atoms with van der Waals surface area (Å²) in [6.07, 6.45) is 9.67. The average Bonchev–Trinajstić information content (AvgIpc) is 3.11. The van der Waals surface area contributed by atoms with Gasteiger partial charge in [-0.15, -0.1) is 0 Å². The predicted octanol–water partition coefficient (Wildman–Crippen LogP) is 4.16. The summed E-state index contributed by atoms with van der Waals surface area (Å²) in [5, 5.41) is 9.07. The Labute approximate surface area is 131 Å². The first-order chi connectivity index (χ1) is 10.7. The molecule has 0 bridgehead atoms. The maximum Gasteiger partial charge on any atom is 0.150 e. The molecule has 1 heterocycles. The van der Waals surface area contributed by atoms with Gasteiger partial charge in [-0.2, -0.15) is 5.26 Å². The average molecular weight is 295 g/mol. The van der Waals surface area contributed by atoms with Crippen LogP contribution in [0, 0.1) is 17.2 Å². The van der Waals surface area contributed by atoms with Crippen LogP contribution >= 0.6 is 0 Å². The highest BCUT2D eigenvalue weighted by Gasteiger charge is 2.40. The molecule has 1 unspecified atom stereocenters. The van der Waals surface area contributed by atoms with Gasteiger partial charge >= 0.3 is 0 Å². The van der Waals surface area contributed by atoms with Gasteiger partial charge in [0.1, 0.15) is 5.75 Å². The number of aromatic amines is 1. The number of nitrogens with zero attached hydrogens (tertiary/aromatic N) is 2. The number of nitriles is 1. The third-order valence-electron chi connectivity index (χ3n) is 4.71. The zero-order valence-corrected chi connectivity index (χ0v) is 12.9. The van der Waals surface area contributed by atoms with E-state index in [1.807, 2.05) is 18.3 Å². The van der Waals surface area contributed by atoms with E-state index >= 15 is 0 Å². The lowest BCUT2D eigenvalue weighted by Gasteiger charge is -2.39.